The Bertz CT molecular complexity index is 822. The third kappa shape index (κ3) is 3.94. The maximum atomic E-state index is 13.8. The van der Waals surface area contributed by atoms with E-state index >= 15 is 0 Å². The third-order valence-electron chi connectivity index (χ3n) is 5.68. The van der Waals surface area contributed by atoms with Crippen molar-refractivity contribution in [3.05, 3.63) is 54.1 Å². The molecule has 0 spiro atoms. The minimum Gasteiger partial charge on any atom is -0.459 e. The second-order valence-corrected chi connectivity index (χ2v) is 7.39. The van der Waals surface area contributed by atoms with E-state index in [1.165, 1.54) is 0 Å². The predicted octanol–water partition coefficient (Wildman–Crippen LogP) is 2.97. The number of aliphatic hydroxyl groups is 1. The van der Waals surface area contributed by atoms with E-state index in [1.54, 1.807) is 30.3 Å². The zero-order valence-electron chi connectivity index (χ0n) is 16.3. The Hall–Kier alpha value is -2.28. The van der Waals surface area contributed by atoms with Crippen LogP contribution >= 0.6 is 0 Å². The number of aryl methyl sites for hydroxylation is 1. The van der Waals surface area contributed by atoms with Crippen molar-refractivity contribution in [1.29, 1.82) is 0 Å². The minimum atomic E-state index is -2.87. The summed E-state index contributed by atoms with van der Waals surface area (Å²) in [5.41, 5.74) is -1.78. The summed E-state index contributed by atoms with van der Waals surface area (Å²) >= 11 is 0. The zero-order valence-corrected chi connectivity index (χ0v) is 16.3. The molecule has 0 unspecified atom stereocenters. The van der Waals surface area contributed by atoms with Gasteiger partial charge in [-0.05, 0) is 18.9 Å². The van der Waals surface area contributed by atoms with Gasteiger partial charge in [0, 0.05) is 25.7 Å². The average molecular weight is 393 g/mol. The Labute approximate surface area is 163 Å². The van der Waals surface area contributed by atoms with Crippen LogP contribution in [0.3, 0.4) is 0 Å². The molecule has 0 aliphatic heterocycles. The van der Waals surface area contributed by atoms with Gasteiger partial charge in [0.05, 0.1) is 6.54 Å². The molecule has 1 saturated carbocycles. The van der Waals surface area contributed by atoms with Gasteiger partial charge in [0.2, 0.25) is 5.92 Å². The first kappa shape index (κ1) is 20.5. The highest BCUT2D eigenvalue weighted by Crippen LogP contribution is 2.47. The van der Waals surface area contributed by atoms with Crippen LogP contribution in [0, 0.1) is 12.8 Å². The number of nitrogens with zero attached hydrogens (tertiary/aromatic N) is 2. The molecular weight excluding hydrogens is 366 g/mol. The van der Waals surface area contributed by atoms with Gasteiger partial charge in [-0.1, -0.05) is 30.3 Å². The molecule has 1 aliphatic rings. The normalized spacial score (nSPS) is 20.7. The molecule has 2 aromatic rings. The van der Waals surface area contributed by atoms with Gasteiger partial charge in [0.25, 0.3) is 5.82 Å². The molecule has 1 N–H and O–H groups in total. The number of halogens is 2. The molecular formula is C21H27F2N2O3+. The maximum Gasteiger partial charge on any atom is 0.343 e. The molecule has 1 aromatic carbocycles. The number of hydrogen-bond donors (Lipinski definition) is 1. The molecule has 2 atom stereocenters. The Morgan fingerprint density at radius 1 is 1.39 bits per heavy atom. The summed E-state index contributed by atoms with van der Waals surface area (Å²) in [6, 6.07) is 8.26. The topological polar surface area (TPSA) is 55.3 Å². The Morgan fingerprint density at radius 3 is 2.68 bits per heavy atom. The number of ether oxygens (including phenoxy) is 1. The van der Waals surface area contributed by atoms with Crippen LogP contribution in [0.4, 0.5) is 8.78 Å². The maximum absolute atomic E-state index is 13.8. The molecule has 152 valence electrons. The second-order valence-electron chi connectivity index (χ2n) is 7.39. The van der Waals surface area contributed by atoms with Gasteiger partial charge in [0.1, 0.15) is 25.5 Å². The van der Waals surface area contributed by atoms with Gasteiger partial charge < -0.3 is 9.84 Å². The number of alkyl halides is 2. The SMILES string of the molecule is CCn1cc[n+](CCOC(=O)[C@](O)(c2ccccc2)[C@@H]2CCC(F)(F)C2)c1C. The predicted molar refractivity (Wildman–Crippen MR) is 98.6 cm³/mol. The van der Waals surface area contributed by atoms with E-state index in [2.05, 4.69) is 4.57 Å². The highest BCUT2D eigenvalue weighted by Gasteiger charge is 2.54. The smallest absolute Gasteiger partial charge is 0.343 e. The van der Waals surface area contributed by atoms with Crippen LogP contribution in [0.2, 0.25) is 0 Å². The molecule has 0 saturated heterocycles. The first-order valence-corrected chi connectivity index (χ1v) is 9.66. The quantitative estimate of drug-likeness (QED) is 0.581. The van der Waals surface area contributed by atoms with Crippen LogP contribution in [-0.2, 0) is 28.2 Å². The highest BCUT2D eigenvalue weighted by atomic mass is 19.3. The minimum absolute atomic E-state index is 0.0519. The number of carbonyl (C=O) groups excluding carboxylic acids is 1. The number of imidazole rings is 1. The summed E-state index contributed by atoms with van der Waals surface area (Å²) in [7, 11) is 0. The molecule has 7 heteroatoms. The van der Waals surface area contributed by atoms with Crippen molar-refractivity contribution >= 4 is 5.97 Å². The van der Waals surface area contributed by atoms with E-state index in [9.17, 15) is 18.7 Å². The van der Waals surface area contributed by atoms with E-state index in [0.717, 1.165) is 12.4 Å². The van der Waals surface area contributed by atoms with Gasteiger partial charge >= 0.3 is 5.97 Å². The standard InChI is InChI=1S/C21H27F2N2O3/c1-3-24-11-12-25(16(24)2)13-14-28-19(26)21(27,17-7-5-4-6-8-17)18-9-10-20(22,23)15-18/h4-8,11-12,18,27H,3,9-10,13-15H2,1-2H3/q+1/t18-,21+/m1/s1. The Morgan fingerprint density at radius 2 is 2.11 bits per heavy atom. The molecule has 1 aromatic heterocycles. The Balaban J connectivity index is 1.75. The van der Waals surface area contributed by atoms with Crippen LogP contribution < -0.4 is 4.57 Å². The first-order valence-electron chi connectivity index (χ1n) is 9.66. The molecule has 1 heterocycles. The van der Waals surface area contributed by atoms with Crippen LogP contribution in [0.15, 0.2) is 42.7 Å². The zero-order chi connectivity index (χ0) is 20.4. The van der Waals surface area contributed by atoms with E-state index in [-0.39, 0.29) is 19.4 Å². The fourth-order valence-corrected chi connectivity index (χ4v) is 3.98. The van der Waals surface area contributed by atoms with Gasteiger partial charge in [0.15, 0.2) is 5.60 Å². The summed E-state index contributed by atoms with van der Waals surface area (Å²) in [4.78, 5) is 12.9. The number of carbonyl (C=O) groups is 1. The summed E-state index contributed by atoms with van der Waals surface area (Å²) < 4.78 is 37.0. The molecule has 0 bridgehead atoms. The number of rotatable bonds is 7. The summed E-state index contributed by atoms with van der Waals surface area (Å²) in [6.45, 7) is 5.32. The monoisotopic (exact) mass is 393 g/mol. The first-order chi connectivity index (χ1) is 13.3. The van der Waals surface area contributed by atoms with Crippen molar-refractivity contribution in [3.8, 4) is 0 Å². The van der Waals surface area contributed by atoms with Crippen molar-refractivity contribution in [2.24, 2.45) is 5.92 Å². The number of esters is 1. The lowest BCUT2D eigenvalue weighted by atomic mass is 9.80. The largest absolute Gasteiger partial charge is 0.459 e. The number of aromatic nitrogens is 2. The molecule has 5 nitrogen and oxygen atoms in total. The van der Waals surface area contributed by atoms with Gasteiger partial charge in [-0.25, -0.2) is 22.7 Å². The van der Waals surface area contributed by atoms with Crippen LogP contribution in [0.1, 0.15) is 37.6 Å². The van der Waals surface area contributed by atoms with Crippen molar-refractivity contribution in [1.82, 2.24) is 4.57 Å². The van der Waals surface area contributed by atoms with E-state index in [0.29, 0.717) is 12.1 Å². The number of hydrogen-bond acceptors (Lipinski definition) is 3. The summed E-state index contributed by atoms with van der Waals surface area (Å²) in [5, 5.41) is 11.3. The molecule has 3 rings (SSSR count). The molecule has 0 radical (unpaired) electrons. The summed E-state index contributed by atoms with van der Waals surface area (Å²) in [5.74, 6) is -3.60. The van der Waals surface area contributed by atoms with Gasteiger partial charge in [-0.15, -0.1) is 0 Å². The molecule has 1 fully saturated rings. The van der Waals surface area contributed by atoms with Crippen molar-refractivity contribution < 1.29 is 28.0 Å². The van der Waals surface area contributed by atoms with Crippen molar-refractivity contribution in [2.45, 2.75) is 57.7 Å². The highest BCUT2D eigenvalue weighted by molar-refractivity contribution is 5.81. The van der Waals surface area contributed by atoms with Crippen molar-refractivity contribution in [2.75, 3.05) is 6.61 Å². The molecule has 1 aliphatic carbocycles. The van der Waals surface area contributed by atoms with Gasteiger partial charge in [-0.2, -0.15) is 0 Å². The molecule has 28 heavy (non-hydrogen) atoms. The summed E-state index contributed by atoms with van der Waals surface area (Å²) in [6.07, 6.45) is 3.05. The fraction of sp³-hybridized carbons (Fsp3) is 0.524. The van der Waals surface area contributed by atoms with E-state index in [4.69, 9.17) is 4.74 Å². The van der Waals surface area contributed by atoms with Gasteiger partial charge in [-0.3, -0.25) is 0 Å². The second kappa shape index (κ2) is 7.99. The van der Waals surface area contributed by atoms with Crippen LogP contribution in [0.25, 0.3) is 0 Å². The Kier molecular flexibility index (Phi) is 5.84. The molecule has 0 amide bonds. The van der Waals surface area contributed by atoms with Crippen molar-refractivity contribution in [3.63, 3.8) is 0 Å². The lowest BCUT2D eigenvalue weighted by molar-refractivity contribution is -0.703. The van der Waals surface area contributed by atoms with E-state index < -0.39 is 29.8 Å². The third-order valence-corrected chi connectivity index (χ3v) is 5.68. The van der Waals surface area contributed by atoms with Crippen LogP contribution in [-0.4, -0.2) is 28.2 Å². The number of benzene rings is 1. The van der Waals surface area contributed by atoms with Crippen LogP contribution in [0.5, 0.6) is 0 Å². The average Bonchev–Trinajstić information content (AvgIpc) is 3.23. The lowest BCUT2D eigenvalue weighted by Crippen LogP contribution is -2.45. The fourth-order valence-electron chi connectivity index (χ4n) is 3.98. The lowest BCUT2D eigenvalue weighted by Gasteiger charge is -2.32. The van der Waals surface area contributed by atoms with E-state index in [1.807, 2.05) is 30.8 Å².